The van der Waals surface area contributed by atoms with Crippen LogP contribution in [0.1, 0.15) is 52.4 Å². The van der Waals surface area contributed by atoms with Gasteiger partial charge in [0.15, 0.2) is 0 Å². The molecule has 2 unspecified atom stereocenters. The molecule has 2 heteroatoms. The second kappa shape index (κ2) is 5.50. The minimum absolute atomic E-state index is 0.474. The molecule has 0 aromatic rings. The number of hydrogen-bond donors (Lipinski definition) is 1. The molecule has 1 heterocycles. The van der Waals surface area contributed by atoms with E-state index in [4.69, 9.17) is 5.73 Å². The van der Waals surface area contributed by atoms with Crippen LogP contribution in [0.25, 0.3) is 0 Å². The van der Waals surface area contributed by atoms with Crippen molar-refractivity contribution in [3.63, 3.8) is 0 Å². The fraction of sp³-hybridized carbons (Fsp3) is 1.00. The van der Waals surface area contributed by atoms with Crippen molar-refractivity contribution in [1.82, 2.24) is 4.90 Å². The Balaban J connectivity index is 1.79. The van der Waals surface area contributed by atoms with E-state index in [9.17, 15) is 0 Å². The Labute approximate surface area is 101 Å². The van der Waals surface area contributed by atoms with Gasteiger partial charge in [-0.2, -0.15) is 0 Å². The predicted molar refractivity (Wildman–Crippen MR) is 69.4 cm³/mol. The maximum Gasteiger partial charge on any atom is 0.0110 e. The van der Waals surface area contributed by atoms with Crippen LogP contribution in [0.15, 0.2) is 0 Å². The number of hydrogen-bond acceptors (Lipinski definition) is 2. The van der Waals surface area contributed by atoms with Crippen molar-refractivity contribution in [2.24, 2.45) is 17.6 Å². The van der Waals surface area contributed by atoms with Gasteiger partial charge in [-0.25, -0.2) is 0 Å². The van der Waals surface area contributed by atoms with Crippen LogP contribution >= 0.6 is 0 Å². The van der Waals surface area contributed by atoms with Crippen molar-refractivity contribution in [2.75, 3.05) is 13.1 Å². The van der Waals surface area contributed by atoms with E-state index in [0.717, 1.165) is 17.9 Å². The lowest BCUT2D eigenvalue weighted by Gasteiger charge is -2.41. The third kappa shape index (κ3) is 2.98. The molecule has 2 nitrogen and oxygen atoms in total. The molecule has 0 bridgehead atoms. The lowest BCUT2D eigenvalue weighted by molar-refractivity contribution is 0.0889. The Hall–Kier alpha value is -0.0800. The summed E-state index contributed by atoms with van der Waals surface area (Å²) in [5, 5.41) is 0. The van der Waals surface area contributed by atoms with E-state index in [0.29, 0.717) is 6.04 Å². The smallest absolute Gasteiger partial charge is 0.0110 e. The average Bonchev–Trinajstić information content (AvgIpc) is 2.29. The van der Waals surface area contributed by atoms with Crippen molar-refractivity contribution in [1.29, 1.82) is 0 Å². The quantitative estimate of drug-likeness (QED) is 0.781. The molecule has 2 N–H and O–H groups in total. The zero-order chi connectivity index (χ0) is 11.5. The maximum absolute atomic E-state index is 6.08. The first-order chi connectivity index (χ1) is 7.66. The van der Waals surface area contributed by atoms with E-state index < -0.39 is 0 Å². The van der Waals surface area contributed by atoms with Gasteiger partial charge in [-0.05, 0) is 57.0 Å². The van der Waals surface area contributed by atoms with Gasteiger partial charge in [0.05, 0.1) is 0 Å². The summed E-state index contributed by atoms with van der Waals surface area (Å²) in [4.78, 5) is 2.72. The first-order valence-electron chi connectivity index (χ1n) is 7.16. The SMILES string of the molecule is CC(C)C1CCN(C2CCCC(N)C2)CC1. The van der Waals surface area contributed by atoms with Gasteiger partial charge in [0, 0.05) is 12.1 Å². The van der Waals surface area contributed by atoms with Crippen LogP contribution in [0.2, 0.25) is 0 Å². The largest absolute Gasteiger partial charge is 0.328 e. The van der Waals surface area contributed by atoms with Crippen molar-refractivity contribution in [3.05, 3.63) is 0 Å². The first kappa shape index (κ1) is 12.4. The van der Waals surface area contributed by atoms with Gasteiger partial charge in [-0.3, -0.25) is 0 Å². The summed E-state index contributed by atoms with van der Waals surface area (Å²) in [5.74, 6) is 1.84. The molecule has 2 aliphatic rings. The number of nitrogens with two attached hydrogens (primary N) is 1. The zero-order valence-corrected chi connectivity index (χ0v) is 11.0. The van der Waals surface area contributed by atoms with Crippen LogP contribution in [0.5, 0.6) is 0 Å². The fourth-order valence-electron chi connectivity index (χ4n) is 3.48. The second-order valence-electron chi connectivity index (χ2n) is 6.20. The van der Waals surface area contributed by atoms with Crippen LogP contribution in [0.4, 0.5) is 0 Å². The molecule has 0 aromatic carbocycles. The van der Waals surface area contributed by atoms with E-state index in [1.165, 1.54) is 51.6 Å². The summed E-state index contributed by atoms with van der Waals surface area (Å²) in [6.45, 7) is 7.38. The molecule has 0 amide bonds. The topological polar surface area (TPSA) is 29.3 Å². The van der Waals surface area contributed by atoms with Crippen LogP contribution in [-0.2, 0) is 0 Å². The molecule has 1 saturated carbocycles. The number of likely N-dealkylation sites (tertiary alicyclic amines) is 1. The van der Waals surface area contributed by atoms with Gasteiger partial charge < -0.3 is 10.6 Å². The molecular formula is C14H28N2. The highest BCUT2D eigenvalue weighted by atomic mass is 15.2. The van der Waals surface area contributed by atoms with Crippen LogP contribution < -0.4 is 5.73 Å². The summed E-state index contributed by atoms with van der Waals surface area (Å²) in [7, 11) is 0. The van der Waals surface area contributed by atoms with E-state index in [-0.39, 0.29) is 0 Å². The van der Waals surface area contributed by atoms with Crippen molar-refractivity contribution in [3.8, 4) is 0 Å². The summed E-state index contributed by atoms with van der Waals surface area (Å²) < 4.78 is 0. The third-order valence-electron chi connectivity index (χ3n) is 4.72. The van der Waals surface area contributed by atoms with Crippen LogP contribution in [-0.4, -0.2) is 30.1 Å². The van der Waals surface area contributed by atoms with E-state index in [1.54, 1.807) is 0 Å². The highest BCUT2D eigenvalue weighted by Crippen LogP contribution is 2.29. The van der Waals surface area contributed by atoms with Gasteiger partial charge >= 0.3 is 0 Å². The van der Waals surface area contributed by atoms with Crippen molar-refractivity contribution >= 4 is 0 Å². The van der Waals surface area contributed by atoms with E-state index in [1.807, 2.05) is 0 Å². The number of rotatable bonds is 2. The minimum Gasteiger partial charge on any atom is -0.328 e. The van der Waals surface area contributed by atoms with Crippen LogP contribution in [0.3, 0.4) is 0 Å². The Morgan fingerprint density at radius 1 is 1.06 bits per heavy atom. The van der Waals surface area contributed by atoms with E-state index in [2.05, 4.69) is 18.7 Å². The van der Waals surface area contributed by atoms with Gasteiger partial charge in [0.25, 0.3) is 0 Å². The predicted octanol–water partition coefficient (Wildman–Crippen LogP) is 2.62. The Morgan fingerprint density at radius 3 is 2.31 bits per heavy atom. The van der Waals surface area contributed by atoms with Gasteiger partial charge in [-0.1, -0.05) is 20.3 Å². The normalized spacial score (nSPS) is 34.5. The van der Waals surface area contributed by atoms with Gasteiger partial charge in [0.1, 0.15) is 0 Å². The number of piperidine rings is 1. The number of nitrogens with zero attached hydrogens (tertiary/aromatic N) is 1. The summed E-state index contributed by atoms with van der Waals surface area (Å²) in [6, 6.07) is 1.28. The molecule has 0 spiro atoms. The molecule has 94 valence electrons. The molecule has 2 atom stereocenters. The zero-order valence-electron chi connectivity index (χ0n) is 11.0. The summed E-state index contributed by atoms with van der Waals surface area (Å²) >= 11 is 0. The highest BCUT2D eigenvalue weighted by molar-refractivity contribution is 4.85. The Kier molecular flexibility index (Phi) is 4.26. The highest BCUT2D eigenvalue weighted by Gasteiger charge is 2.29. The van der Waals surface area contributed by atoms with Crippen molar-refractivity contribution < 1.29 is 0 Å². The Morgan fingerprint density at radius 2 is 1.75 bits per heavy atom. The molecular weight excluding hydrogens is 196 g/mol. The summed E-state index contributed by atoms with van der Waals surface area (Å²) in [6.07, 6.45) is 8.04. The molecule has 2 rings (SSSR count). The monoisotopic (exact) mass is 224 g/mol. The molecule has 2 fully saturated rings. The molecule has 1 saturated heterocycles. The molecule has 1 aliphatic heterocycles. The third-order valence-corrected chi connectivity index (χ3v) is 4.72. The lowest BCUT2D eigenvalue weighted by Crippen LogP contribution is -2.46. The van der Waals surface area contributed by atoms with Gasteiger partial charge in [-0.15, -0.1) is 0 Å². The summed E-state index contributed by atoms with van der Waals surface area (Å²) in [5.41, 5.74) is 6.08. The standard InChI is InChI=1S/C14H28N2/c1-11(2)12-6-8-16(9-7-12)14-5-3-4-13(15)10-14/h11-14H,3-10,15H2,1-2H3. The maximum atomic E-state index is 6.08. The molecule has 0 aromatic heterocycles. The molecule has 16 heavy (non-hydrogen) atoms. The average molecular weight is 224 g/mol. The first-order valence-corrected chi connectivity index (χ1v) is 7.16. The minimum atomic E-state index is 0.474. The lowest BCUT2D eigenvalue weighted by atomic mass is 9.84. The molecule has 0 radical (unpaired) electrons. The van der Waals surface area contributed by atoms with Crippen molar-refractivity contribution in [2.45, 2.75) is 64.5 Å². The fourth-order valence-corrected chi connectivity index (χ4v) is 3.48. The molecule has 1 aliphatic carbocycles. The van der Waals surface area contributed by atoms with Crippen LogP contribution in [0, 0.1) is 11.8 Å². The second-order valence-corrected chi connectivity index (χ2v) is 6.20. The van der Waals surface area contributed by atoms with Gasteiger partial charge in [0.2, 0.25) is 0 Å². The van der Waals surface area contributed by atoms with E-state index >= 15 is 0 Å². The Bertz CT molecular complexity index is 207.